The van der Waals surface area contributed by atoms with Crippen LogP contribution in [0.1, 0.15) is 53.1 Å². The monoisotopic (exact) mass is 368 g/mol. The zero-order chi connectivity index (χ0) is 20.0. The number of carboxylic acid groups (broad SMARTS) is 1. The van der Waals surface area contributed by atoms with Crippen LogP contribution in [0, 0.1) is 5.92 Å². The van der Waals surface area contributed by atoms with Gasteiger partial charge in [0, 0.05) is 17.2 Å². The van der Waals surface area contributed by atoms with Crippen LogP contribution in [-0.4, -0.2) is 28.9 Å². The molecular formula is C21H24N2O4. The van der Waals surface area contributed by atoms with Gasteiger partial charge in [-0.15, -0.1) is 0 Å². The van der Waals surface area contributed by atoms with Crippen molar-refractivity contribution in [2.45, 2.75) is 32.9 Å². The van der Waals surface area contributed by atoms with Crippen LogP contribution < -0.4 is 10.6 Å². The lowest BCUT2D eigenvalue weighted by atomic mass is 9.94. The van der Waals surface area contributed by atoms with Gasteiger partial charge < -0.3 is 15.7 Å². The summed E-state index contributed by atoms with van der Waals surface area (Å²) in [4.78, 5) is 36.0. The van der Waals surface area contributed by atoms with E-state index in [4.69, 9.17) is 0 Å². The molecule has 0 fully saturated rings. The number of carboxylic acids is 1. The largest absolute Gasteiger partial charge is 0.481 e. The van der Waals surface area contributed by atoms with Crippen LogP contribution in [0.4, 0.5) is 0 Å². The SMILES string of the molecule is CC(C)NC(=O)c1ccc(C(=O)NC(c2ccccc2)C(C)C(=O)O)cc1. The summed E-state index contributed by atoms with van der Waals surface area (Å²) in [5, 5.41) is 14.9. The highest BCUT2D eigenvalue weighted by atomic mass is 16.4. The molecule has 2 atom stereocenters. The Morgan fingerprint density at radius 2 is 1.26 bits per heavy atom. The number of nitrogens with one attached hydrogen (secondary N) is 2. The molecule has 2 unspecified atom stereocenters. The first-order valence-electron chi connectivity index (χ1n) is 8.79. The highest BCUT2D eigenvalue weighted by Crippen LogP contribution is 2.23. The Morgan fingerprint density at radius 3 is 1.70 bits per heavy atom. The van der Waals surface area contributed by atoms with E-state index in [2.05, 4.69) is 10.6 Å². The van der Waals surface area contributed by atoms with Crippen molar-refractivity contribution in [1.29, 1.82) is 0 Å². The fraction of sp³-hybridized carbons (Fsp3) is 0.286. The molecule has 0 aliphatic carbocycles. The molecular weight excluding hydrogens is 344 g/mol. The fourth-order valence-electron chi connectivity index (χ4n) is 2.64. The standard InChI is InChI=1S/C21H24N2O4/c1-13(2)22-19(24)16-9-11-17(12-10-16)20(25)23-18(14(3)21(26)27)15-7-5-4-6-8-15/h4-14,18H,1-3H3,(H,22,24)(H,23,25)(H,26,27). The zero-order valence-electron chi connectivity index (χ0n) is 15.6. The molecule has 0 saturated carbocycles. The maximum atomic E-state index is 12.6. The lowest BCUT2D eigenvalue weighted by Gasteiger charge is -2.23. The van der Waals surface area contributed by atoms with Gasteiger partial charge in [-0.2, -0.15) is 0 Å². The fourth-order valence-corrected chi connectivity index (χ4v) is 2.64. The van der Waals surface area contributed by atoms with E-state index >= 15 is 0 Å². The third kappa shape index (κ3) is 5.41. The normalized spacial score (nSPS) is 12.9. The lowest BCUT2D eigenvalue weighted by Crippen LogP contribution is -2.35. The van der Waals surface area contributed by atoms with Crippen molar-refractivity contribution < 1.29 is 19.5 Å². The van der Waals surface area contributed by atoms with Gasteiger partial charge in [0.05, 0.1) is 12.0 Å². The molecule has 2 aromatic carbocycles. The van der Waals surface area contributed by atoms with E-state index in [1.807, 2.05) is 19.9 Å². The Kier molecular flexibility index (Phi) is 6.71. The second kappa shape index (κ2) is 8.98. The second-order valence-corrected chi connectivity index (χ2v) is 6.69. The van der Waals surface area contributed by atoms with E-state index in [9.17, 15) is 19.5 Å². The zero-order valence-corrected chi connectivity index (χ0v) is 15.6. The van der Waals surface area contributed by atoms with E-state index < -0.39 is 23.8 Å². The van der Waals surface area contributed by atoms with Gasteiger partial charge in [-0.3, -0.25) is 14.4 Å². The molecule has 0 aliphatic heterocycles. The van der Waals surface area contributed by atoms with Crippen LogP contribution in [0.2, 0.25) is 0 Å². The van der Waals surface area contributed by atoms with Crippen molar-refractivity contribution in [3.05, 3.63) is 71.3 Å². The molecule has 0 bridgehead atoms. The van der Waals surface area contributed by atoms with Crippen molar-refractivity contribution in [1.82, 2.24) is 10.6 Å². The van der Waals surface area contributed by atoms with Crippen molar-refractivity contribution in [2.75, 3.05) is 0 Å². The predicted molar refractivity (Wildman–Crippen MR) is 102 cm³/mol. The van der Waals surface area contributed by atoms with Crippen LogP contribution in [0.15, 0.2) is 54.6 Å². The molecule has 2 rings (SSSR count). The highest BCUT2D eigenvalue weighted by molar-refractivity contribution is 5.98. The van der Waals surface area contributed by atoms with E-state index in [0.29, 0.717) is 16.7 Å². The van der Waals surface area contributed by atoms with Crippen LogP contribution in [0.5, 0.6) is 0 Å². The molecule has 142 valence electrons. The predicted octanol–water partition coefficient (Wildman–Crippen LogP) is 3.02. The molecule has 27 heavy (non-hydrogen) atoms. The molecule has 6 heteroatoms. The van der Waals surface area contributed by atoms with Gasteiger partial charge in [0.2, 0.25) is 0 Å². The maximum Gasteiger partial charge on any atom is 0.308 e. The van der Waals surface area contributed by atoms with E-state index in [0.717, 1.165) is 0 Å². The molecule has 0 aromatic heterocycles. The Morgan fingerprint density at radius 1 is 0.778 bits per heavy atom. The smallest absolute Gasteiger partial charge is 0.308 e. The summed E-state index contributed by atoms with van der Waals surface area (Å²) in [6, 6.07) is 14.6. The first-order chi connectivity index (χ1) is 12.8. The average Bonchev–Trinajstić information content (AvgIpc) is 2.65. The van der Waals surface area contributed by atoms with Gasteiger partial charge >= 0.3 is 5.97 Å². The number of carbonyl (C=O) groups excluding carboxylic acids is 2. The average molecular weight is 368 g/mol. The Labute approximate surface area is 158 Å². The first kappa shape index (κ1) is 20.2. The molecule has 0 heterocycles. The van der Waals surface area contributed by atoms with Crippen LogP contribution in [0.3, 0.4) is 0 Å². The number of hydrogen-bond donors (Lipinski definition) is 3. The number of hydrogen-bond acceptors (Lipinski definition) is 3. The summed E-state index contributed by atoms with van der Waals surface area (Å²) in [6.45, 7) is 5.29. The number of rotatable bonds is 7. The minimum Gasteiger partial charge on any atom is -0.481 e. The maximum absolute atomic E-state index is 12.6. The van der Waals surface area contributed by atoms with Crippen molar-refractivity contribution >= 4 is 17.8 Å². The first-order valence-corrected chi connectivity index (χ1v) is 8.79. The summed E-state index contributed by atoms with van der Waals surface area (Å²) >= 11 is 0. The topological polar surface area (TPSA) is 95.5 Å². The van der Waals surface area contributed by atoms with E-state index in [-0.39, 0.29) is 11.9 Å². The molecule has 6 nitrogen and oxygen atoms in total. The van der Waals surface area contributed by atoms with Gasteiger partial charge in [-0.1, -0.05) is 30.3 Å². The molecule has 2 aromatic rings. The van der Waals surface area contributed by atoms with E-state index in [1.165, 1.54) is 0 Å². The summed E-state index contributed by atoms with van der Waals surface area (Å²) < 4.78 is 0. The van der Waals surface area contributed by atoms with Gasteiger partial charge in [0.15, 0.2) is 0 Å². The van der Waals surface area contributed by atoms with E-state index in [1.54, 1.807) is 55.5 Å². The molecule has 0 radical (unpaired) electrons. The Bertz CT molecular complexity index is 801. The molecule has 3 N–H and O–H groups in total. The summed E-state index contributed by atoms with van der Waals surface area (Å²) in [6.07, 6.45) is 0. The number of amides is 2. The van der Waals surface area contributed by atoms with Gasteiger partial charge in [-0.25, -0.2) is 0 Å². The molecule has 0 saturated heterocycles. The summed E-state index contributed by atoms with van der Waals surface area (Å²) in [5.74, 6) is -2.40. The van der Waals surface area contributed by atoms with Crippen molar-refractivity contribution in [2.24, 2.45) is 5.92 Å². The van der Waals surface area contributed by atoms with Gasteiger partial charge in [-0.05, 0) is 50.6 Å². The summed E-state index contributed by atoms with van der Waals surface area (Å²) in [5.41, 5.74) is 1.53. The third-order valence-electron chi connectivity index (χ3n) is 4.16. The van der Waals surface area contributed by atoms with Crippen LogP contribution in [-0.2, 0) is 4.79 Å². The van der Waals surface area contributed by atoms with Crippen LogP contribution in [0.25, 0.3) is 0 Å². The Balaban J connectivity index is 2.17. The quantitative estimate of drug-likeness (QED) is 0.700. The van der Waals surface area contributed by atoms with Gasteiger partial charge in [0.25, 0.3) is 11.8 Å². The molecule has 2 amide bonds. The number of carbonyl (C=O) groups is 3. The lowest BCUT2D eigenvalue weighted by molar-refractivity contribution is -0.142. The second-order valence-electron chi connectivity index (χ2n) is 6.69. The van der Waals surface area contributed by atoms with Crippen LogP contribution >= 0.6 is 0 Å². The van der Waals surface area contributed by atoms with Crippen molar-refractivity contribution in [3.8, 4) is 0 Å². The Hall–Kier alpha value is -3.15. The molecule has 0 spiro atoms. The van der Waals surface area contributed by atoms with Gasteiger partial charge in [0.1, 0.15) is 0 Å². The third-order valence-corrected chi connectivity index (χ3v) is 4.16. The number of aliphatic carboxylic acids is 1. The number of benzene rings is 2. The molecule has 0 aliphatic rings. The van der Waals surface area contributed by atoms with Crippen molar-refractivity contribution in [3.63, 3.8) is 0 Å². The minimum absolute atomic E-state index is 0.0182. The highest BCUT2D eigenvalue weighted by Gasteiger charge is 2.27. The minimum atomic E-state index is -0.996. The summed E-state index contributed by atoms with van der Waals surface area (Å²) in [7, 11) is 0.